The van der Waals surface area contributed by atoms with Crippen LogP contribution in [0, 0.1) is 0 Å². The number of rotatable bonds is 3. The van der Waals surface area contributed by atoms with Gasteiger partial charge in [0.2, 0.25) is 10.0 Å². The molecule has 1 fully saturated rings. The van der Waals surface area contributed by atoms with E-state index in [-0.39, 0.29) is 4.90 Å². The molecule has 0 radical (unpaired) electrons. The normalized spacial score (nSPS) is 22.6. The molecule has 0 saturated carbocycles. The maximum absolute atomic E-state index is 12.5. The van der Waals surface area contributed by atoms with Crippen LogP contribution in [-0.2, 0) is 14.8 Å². The quantitative estimate of drug-likeness (QED) is 0.912. The van der Waals surface area contributed by atoms with Crippen molar-refractivity contribution >= 4 is 16.0 Å². The summed E-state index contributed by atoms with van der Waals surface area (Å²) in [5, 5.41) is 9.27. The van der Waals surface area contributed by atoms with Crippen LogP contribution in [0.15, 0.2) is 23.1 Å². The Balaban J connectivity index is 2.02. The van der Waals surface area contributed by atoms with Gasteiger partial charge in [-0.2, -0.15) is 4.31 Å². The number of fused-ring (bicyclic) bond motifs is 1. The van der Waals surface area contributed by atoms with Crippen molar-refractivity contribution in [1.29, 1.82) is 0 Å². The first kappa shape index (κ1) is 14.3. The van der Waals surface area contributed by atoms with Gasteiger partial charge in [0.25, 0.3) is 0 Å². The molecule has 1 unspecified atom stereocenters. The molecule has 0 spiro atoms. The number of carbonyl (C=O) groups is 1. The Bertz CT molecular complexity index is 664. The van der Waals surface area contributed by atoms with Crippen LogP contribution < -0.4 is 4.74 Å². The summed E-state index contributed by atoms with van der Waals surface area (Å²) in [6.45, 7) is 1.39. The molecule has 1 saturated heterocycles. The summed E-state index contributed by atoms with van der Waals surface area (Å²) in [6, 6.07) is 4.52. The summed E-state index contributed by atoms with van der Waals surface area (Å²) < 4.78 is 31.9. The summed E-state index contributed by atoms with van der Waals surface area (Å²) in [6.07, 6.45) is 2.09. The van der Waals surface area contributed by atoms with Crippen molar-refractivity contribution in [3.05, 3.63) is 23.8 Å². The molecule has 7 heteroatoms. The second-order valence-corrected chi connectivity index (χ2v) is 7.28. The lowest BCUT2D eigenvalue weighted by atomic mass is 9.93. The number of carboxylic acid groups (broad SMARTS) is 1. The molecule has 0 bridgehead atoms. The van der Waals surface area contributed by atoms with E-state index in [2.05, 4.69) is 0 Å². The van der Waals surface area contributed by atoms with Crippen LogP contribution in [-0.4, -0.2) is 43.5 Å². The fourth-order valence-electron chi connectivity index (χ4n) is 2.87. The van der Waals surface area contributed by atoms with Crippen molar-refractivity contribution in [3.8, 4) is 5.75 Å². The highest BCUT2D eigenvalue weighted by molar-refractivity contribution is 7.89. The lowest BCUT2D eigenvalue weighted by molar-refractivity contribution is -0.139. The lowest BCUT2D eigenvalue weighted by Gasteiger charge is -2.24. The van der Waals surface area contributed by atoms with E-state index in [1.165, 1.54) is 16.4 Å². The average molecular weight is 311 g/mol. The number of nitrogens with zero attached hydrogens (tertiary/aromatic N) is 1. The molecule has 0 aromatic heterocycles. The van der Waals surface area contributed by atoms with E-state index in [0.29, 0.717) is 37.4 Å². The Morgan fingerprint density at radius 2 is 2.00 bits per heavy atom. The zero-order valence-corrected chi connectivity index (χ0v) is 12.3. The van der Waals surface area contributed by atoms with Gasteiger partial charge in [-0.05, 0) is 37.5 Å². The number of sulfonamides is 1. The minimum Gasteiger partial charge on any atom is -0.493 e. The number of benzene rings is 1. The molecule has 0 amide bonds. The molecular weight excluding hydrogens is 294 g/mol. The summed E-state index contributed by atoms with van der Waals surface area (Å²) >= 11 is 0. The van der Waals surface area contributed by atoms with Crippen LogP contribution in [0.5, 0.6) is 5.75 Å². The van der Waals surface area contributed by atoms with Gasteiger partial charge in [0.15, 0.2) is 0 Å². The molecule has 21 heavy (non-hydrogen) atoms. The Hall–Kier alpha value is -1.60. The lowest BCUT2D eigenvalue weighted by Crippen LogP contribution is -2.28. The third-order valence-corrected chi connectivity index (χ3v) is 5.92. The van der Waals surface area contributed by atoms with Gasteiger partial charge in [0.1, 0.15) is 5.75 Å². The number of hydrogen-bond donors (Lipinski definition) is 1. The maximum Gasteiger partial charge on any atom is 0.311 e. The van der Waals surface area contributed by atoms with Crippen molar-refractivity contribution in [2.45, 2.75) is 30.1 Å². The summed E-state index contributed by atoms with van der Waals surface area (Å²) in [5.41, 5.74) is 0.453. The molecular formula is C14H17NO5S. The van der Waals surface area contributed by atoms with Gasteiger partial charge in [-0.25, -0.2) is 8.42 Å². The molecule has 2 aliphatic rings. The molecule has 2 aliphatic heterocycles. The van der Waals surface area contributed by atoms with Crippen LogP contribution in [0.25, 0.3) is 0 Å². The maximum atomic E-state index is 12.5. The fraction of sp³-hybridized carbons (Fsp3) is 0.500. The number of ether oxygens (including phenoxy) is 1. The minimum atomic E-state index is -3.54. The standard InChI is InChI=1S/C14H17NO5S/c16-14(17)11-5-8-20-13-4-3-10(9-12(11)13)21(18,19)15-6-1-2-7-15/h3-4,9,11H,1-2,5-8H2,(H,16,17). The van der Waals surface area contributed by atoms with Crippen molar-refractivity contribution in [2.75, 3.05) is 19.7 Å². The van der Waals surface area contributed by atoms with Crippen molar-refractivity contribution in [3.63, 3.8) is 0 Å². The smallest absolute Gasteiger partial charge is 0.311 e. The summed E-state index contributed by atoms with van der Waals surface area (Å²) in [7, 11) is -3.54. The van der Waals surface area contributed by atoms with Crippen molar-refractivity contribution < 1.29 is 23.1 Å². The second-order valence-electron chi connectivity index (χ2n) is 5.34. The van der Waals surface area contributed by atoms with Gasteiger partial charge >= 0.3 is 5.97 Å². The zero-order valence-electron chi connectivity index (χ0n) is 11.5. The highest BCUT2D eigenvalue weighted by Crippen LogP contribution is 2.36. The molecule has 1 aromatic carbocycles. The van der Waals surface area contributed by atoms with Crippen molar-refractivity contribution in [1.82, 2.24) is 4.31 Å². The van der Waals surface area contributed by atoms with Crippen molar-refractivity contribution in [2.24, 2.45) is 0 Å². The molecule has 1 atom stereocenters. The predicted molar refractivity (Wildman–Crippen MR) is 74.9 cm³/mol. The molecule has 0 aliphatic carbocycles. The Morgan fingerprint density at radius 1 is 1.29 bits per heavy atom. The summed E-state index contributed by atoms with van der Waals surface area (Å²) in [5.74, 6) is -1.19. The molecule has 1 N–H and O–H groups in total. The van der Waals surface area contributed by atoms with Gasteiger partial charge in [-0.15, -0.1) is 0 Å². The van der Waals surface area contributed by atoms with Crippen LogP contribution in [0.2, 0.25) is 0 Å². The van der Waals surface area contributed by atoms with E-state index in [0.717, 1.165) is 12.8 Å². The van der Waals surface area contributed by atoms with Crippen LogP contribution >= 0.6 is 0 Å². The van der Waals surface area contributed by atoms with Crippen LogP contribution in [0.3, 0.4) is 0 Å². The fourth-order valence-corrected chi connectivity index (χ4v) is 4.42. The van der Waals surface area contributed by atoms with Crippen LogP contribution in [0.4, 0.5) is 0 Å². The van der Waals surface area contributed by atoms with Gasteiger partial charge in [0.05, 0.1) is 17.4 Å². The van der Waals surface area contributed by atoms with E-state index >= 15 is 0 Å². The van der Waals surface area contributed by atoms with E-state index in [9.17, 15) is 18.3 Å². The van der Waals surface area contributed by atoms with Gasteiger partial charge in [0, 0.05) is 18.7 Å². The number of carboxylic acids is 1. The van der Waals surface area contributed by atoms with E-state index < -0.39 is 21.9 Å². The largest absolute Gasteiger partial charge is 0.493 e. The Morgan fingerprint density at radius 3 is 2.67 bits per heavy atom. The molecule has 114 valence electrons. The van der Waals surface area contributed by atoms with Crippen LogP contribution in [0.1, 0.15) is 30.7 Å². The first-order chi connectivity index (χ1) is 10.00. The number of aliphatic carboxylic acids is 1. The number of hydrogen-bond acceptors (Lipinski definition) is 4. The third kappa shape index (κ3) is 2.51. The average Bonchev–Trinajstić information content (AvgIpc) is 3.00. The second kappa shape index (κ2) is 5.31. The SMILES string of the molecule is O=C(O)C1CCOc2ccc(S(=O)(=O)N3CCCC3)cc21. The molecule has 1 aromatic rings. The Labute approximate surface area is 123 Å². The Kier molecular flexibility index (Phi) is 3.62. The van der Waals surface area contributed by atoms with E-state index in [1.807, 2.05) is 0 Å². The monoisotopic (exact) mass is 311 g/mol. The highest BCUT2D eigenvalue weighted by atomic mass is 32.2. The summed E-state index contributed by atoms with van der Waals surface area (Å²) in [4.78, 5) is 11.5. The molecule has 6 nitrogen and oxygen atoms in total. The van der Waals surface area contributed by atoms with Gasteiger partial charge in [-0.3, -0.25) is 4.79 Å². The van der Waals surface area contributed by atoms with E-state index in [4.69, 9.17) is 4.74 Å². The molecule has 2 heterocycles. The molecule has 3 rings (SSSR count). The first-order valence-electron chi connectivity index (χ1n) is 7.00. The third-order valence-electron chi connectivity index (χ3n) is 4.02. The van der Waals surface area contributed by atoms with Gasteiger partial charge in [-0.1, -0.05) is 0 Å². The first-order valence-corrected chi connectivity index (χ1v) is 8.44. The van der Waals surface area contributed by atoms with E-state index in [1.54, 1.807) is 6.07 Å². The van der Waals surface area contributed by atoms with Gasteiger partial charge < -0.3 is 9.84 Å². The zero-order chi connectivity index (χ0) is 15.0. The highest BCUT2D eigenvalue weighted by Gasteiger charge is 2.32. The predicted octanol–water partition coefficient (Wildman–Crippen LogP) is 1.42. The minimum absolute atomic E-state index is 0.153. The topological polar surface area (TPSA) is 83.9 Å².